The number of anilines is 1. The first kappa shape index (κ1) is 16.2. The maximum absolute atomic E-state index is 13.8. The van der Waals surface area contributed by atoms with Crippen molar-refractivity contribution in [3.05, 3.63) is 29.1 Å². The smallest absolute Gasteiger partial charge is 0.126 e. The molecular formula is C16H25FN2O2. The van der Waals surface area contributed by atoms with Crippen molar-refractivity contribution in [2.24, 2.45) is 5.73 Å². The van der Waals surface area contributed by atoms with Crippen LogP contribution >= 0.6 is 0 Å². The van der Waals surface area contributed by atoms with Gasteiger partial charge in [-0.25, -0.2) is 4.39 Å². The van der Waals surface area contributed by atoms with Gasteiger partial charge in [-0.05, 0) is 37.1 Å². The number of nitrogens with zero attached hydrogens (tertiary/aromatic N) is 1. The van der Waals surface area contributed by atoms with Gasteiger partial charge in [-0.3, -0.25) is 0 Å². The summed E-state index contributed by atoms with van der Waals surface area (Å²) in [4.78, 5) is 1.97. The van der Waals surface area contributed by atoms with Gasteiger partial charge in [-0.1, -0.05) is 0 Å². The van der Waals surface area contributed by atoms with E-state index in [-0.39, 0.29) is 11.9 Å². The molecule has 1 fully saturated rings. The van der Waals surface area contributed by atoms with Gasteiger partial charge >= 0.3 is 0 Å². The predicted molar refractivity (Wildman–Crippen MR) is 82.0 cm³/mol. The lowest BCUT2D eigenvalue weighted by Crippen LogP contribution is -2.46. The zero-order chi connectivity index (χ0) is 15.6. The van der Waals surface area contributed by atoms with Gasteiger partial charge < -0.3 is 20.5 Å². The summed E-state index contributed by atoms with van der Waals surface area (Å²) in [7, 11) is 1.91. The summed E-state index contributed by atoms with van der Waals surface area (Å²) in [5, 5.41) is 10.6. The molecular weight excluding hydrogens is 271 g/mol. The van der Waals surface area contributed by atoms with Gasteiger partial charge in [0.05, 0.1) is 5.60 Å². The van der Waals surface area contributed by atoms with E-state index in [0.717, 1.165) is 11.3 Å². The maximum Gasteiger partial charge on any atom is 0.126 e. The molecule has 1 aromatic rings. The number of ether oxygens (including phenoxy) is 1. The molecule has 0 amide bonds. The Balaban J connectivity index is 2.25. The Kier molecular flexibility index (Phi) is 4.86. The highest BCUT2D eigenvalue weighted by molar-refractivity contribution is 5.56. The fraction of sp³-hybridized carbons (Fsp3) is 0.625. The number of hydrogen-bond donors (Lipinski definition) is 2. The van der Waals surface area contributed by atoms with Crippen molar-refractivity contribution < 1.29 is 14.2 Å². The predicted octanol–water partition coefficient (Wildman–Crippen LogP) is 2.13. The number of rotatable bonds is 4. The van der Waals surface area contributed by atoms with Gasteiger partial charge in [-0.15, -0.1) is 0 Å². The van der Waals surface area contributed by atoms with E-state index in [0.29, 0.717) is 38.2 Å². The van der Waals surface area contributed by atoms with Gasteiger partial charge in [0, 0.05) is 51.4 Å². The lowest BCUT2D eigenvalue weighted by Gasteiger charge is -2.37. The number of hydrogen-bond acceptors (Lipinski definition) is 4. The number of nitrogens with two attached hydrogens (primary N) is 1. The molecule has 0 radical (unpaired) electrons. The molecule has 3 N–H and O–H groups in total. The van der Waals surface area contributed by atoms with Gasteiger partial charge in [0.15, 0.2) is 0 Å². The van der Waals surface area contributed by atoms with Crippen LogP contribution in [0.5, 0.6) is 0 Å². The molecule has 0 saturated carbocycles. The minimum Gasteiger partial charge on any atom is -0.388 e. The monoisotopic (exact) mass is 296 g/mol. The molecule has 0 bridgehead atoms. The molecule has 1 heterocycles. The van der Waals surface area contributed by atoms with Crippen LogP contribution in [0.15, 0.2) is 12.1 Å². The third-order valence-electron chi connectivity index (χ3n) is 4.16. The third kappa shape index (κ3) is 3.73. The summed E-state index contributed by atoms with van der Waals surface area (Å²) in [5.41, 5.74) is 7.42. The minimum atomic E-state index is -0.760. The van der Waals surface area contributed by atoms with Crippen LogP contribution < -0.4 is 10.6 Å². The van der Waals surface area contributed by atoms with Crippen molar-refractivity contribution in [3.8, 4) is 0 Å². The topological polar surface area (TPSA) is 58.7 Å². The first-order chi connectivity index (χ1) is 9.82. The summed E-state index contributed by atoms with van der Waals surface area (Å²) in [5.74, 6) is -0.246. The Morgan fingerprint density at radius 2 is 2.05 bits per heavy atom. The van der Waals surface area contributed by atoms with Crippen molar-refractivity contribution >= 4 is 5.69 Å². The first-order valence-electron chi connectivity index (χ1n) is 7.39. The molecule has 0 spiro atoms. The van der Waals surface area contributed by atoms with E-state index in [1.165, 1.54) is 6.07 Å². The Bertz CT molecular complexity index is 499. The van der Waals surface area contributed by atoms with Crippen molar-refractivity contribution in [1.82, 2.24) is 0 Å². The Hall–Kier alpha value is -1.17. The Morgan fingerprint density at radius 1 is 1.43 bits per heavy atom. The van der Waals surface area contributed by atoms with Crippen molar-refractivity contribution in [2.45, 2.75) is 38.3 Å². The van der Waals surface area contributed by atoms with E-state index in [4.69, 9.17) is 10.5 Å². The summed E-state index contributed by atoms with van der Waals surface area (Å²) in [6.07, 6.45) is 1.23. The van der Waals surface area contributed by atoms with E-state index < -0.39 is 5.60 Å². The van der Waals surface area contributed by atoms with Gasteiger partial charge in [0.25, 0.3) is 0 Å². The van der Waals surface area contributed by atoms with E-state index in [1.54, 1.807) is 13.0 Å². The zero-order valence-electron chi connectivity index (χ0n) is 13.0. The average molecular weight is 296 g/mol. The lowest BCUT2D eigenvalue weighted by atomic mass is 9.93. The number of aryl methyl sites for hydroxylation is 1. The summed E-state index contributed by atoms with van der Waals surface area (Å²) in [6.45, 7) is 5.21. The van der Waals surface area contributed by atoms with Gasteiger partial charge in [-0.2, -0.15) is 0 Å². The number of aliphatic hydroxyl groups is 1. The average Bonchev–Trinajstić information content (AvgIpc) is 2.41. The van der Waals surface area contributed by atoms with Crippen LogP contribution in [0.4, 0.5) is 10.1 Å². The van der Waals surface area contributed by atoms with Crippen LogP contribution in [-0.4, -0.2) is 37.5 Å². The summed E-state index contributed by atoms with van der Waals surface area (Å²) in [6, 6.07) is 3.04. The van der Waals surface area contributed by atoms with Crippen LogP contribution in [0.3, 0.4) is 0 Å². The van der Waals surface area contributed by atoms with E-state index in [2.05, 4.69) is 0 Å². The van der Waals surface area contributed by atoms with Crippen molar-refractivity contribution in [2.75, 3.05) is 31.7 Å². The highest BCUT2D eigenvalue weighted by atomic mass is 19.1. The minimum absolute atomic E-state index is 0.246. The standard InChI is InChI=1S/C16H25FN2O2/c1-11-8-15(13(12(2)18)9-14(11)17)19(3)10-16(20)4-6-21-7-5-16/h8-9,12,20H,4-7,10,18H2,1-3H3/t12-/m1/s1. The molecule has 1 aromatic carbocycles. The third-order valence-corrected chi connectivity index (χ3v) is 4.16. The molecule has 118 valence electrons. The molecule has 0 unspecified atom stereocenters. The second-order valence-electron chi connectivity index (χ2n) is 6.14. The van der Waals surface area contributed by atoms with E-state index in [1.807, 2.05) is 18.9 Å². The highest BCUT2D eigenvalue weighted by Gasteiger charge is 2.31. The van der Waals surface area contributed by atoms with Crippen molar-refractivity contribution in [1.29, 1.82) is 0 Å². The molecule has 4 nitrogen and oxygen atoms in total. The van der Waals surface area contributed by atoms with E-state index >= 15 is 0 Å². The number of halogens is 1. The zero-order valence-corrected chi connectivity index (χ0v) is 13.0. The second-order valence-corrected chi connectivity index (χ2v) is 6.14. The summed E-state index contributed by atoms with van der Waals surface area (Å²) >= 11 is 0. The quantitative estimate of drug-likeness (QED) is 0.893. The number of benzene rings is 1. The fourth-order valence-corrected chi connectivity index (χ4v) is 2.81. The lowest BCUT2D eigenvalue weighted by molar-refractivity contribution is -0.0572. The highest BCUT2D eigenvalue weighted by Crippen LogP contribution is 2.30. The van der Waals surface area contributed by atoms with Gasteiger partial charge in [0.2, 0.25) is 0 Å². The Labute approximate surface area is 125 Å². The van der Waals surface area contributed by atoms with Crippen LogP contribution in [0.2, 0.25) is 0 Å². The van der Waals surface area contributed by atoms with Gasteiger partial charge in [0.1, 0.15) is 5.82 Å². The van der Waals surface area contributed by atoms with Crippen LogP contribution in [0.1, 0.15) is 36.9 Å². The fourth-order valence-electron chi connectivity index (χ4n) is 2.81. The maximum atomic E-state index is 13.8. The second kappa shape index (κ2) is 6.30. The van der Waals surface area contributed by atoms with E-state index in [9.17, 15) is 9.50 Å². The molecule has 1 aliphatic heterocycles. The molecule has 1 atom stereocenters. The molecule has 1 saturated heterocycles. The largest absolute Gasteiger partial charge is 0.388 e. The molecule has 2 rings (SSSR count). The molecule has 21 heavy (non-hydrogen) atoms. The molecule has 1 aliphatic rings. The molecule has 0 aromatic heterocycles. The first-order valence-corrected chi connectivity index (χ1v) is 7.39. The molecule has 0 aliphatic carbocycles. The van der Waals surface area contributed by atoms with Crippen LogP contribution in [0.25, 0.3) is 0 Å². The molecule has 5 heteroatoms. The van der Waals surface area contributed by atoms with Crippen molar-refractivity contribution in [3.63, 3.8) is 0 Å². The summed E-state index contributed by atoms with van der Waals surface area (Å²) < 4.78 is 19.1. The SMILES string of the molecule is Cc1cc(N(C)CC2(O)CCOCC2)c([C@@H](C)N)cc1F. The Morgan fingerprint density at radius 3 is 2.62 bits per heavy atom. The number of likely N-dealkylation sites (N-methyl/N-ethyl adjacent to an activating group) is 1. The van der Waals surface area contributed by atoms with Crippen LogP contribution in [-0.2, 0) is 4.74 Å². The van der Waals surface area contributed by atoms with Crippen LogP contribution in [0, 0.1) is 12.7 Å². The normalized spacial score (nSPS) is 19.3.